The SMILES string of the molecule is Cc1ccc(-c2nnc3c4ccccc4c(C)nn23)cc1S(=O)(=O)NC[C@@H]1CCCO1. The standard InChI is InChI=1S/C22H23N5O3S/c1-14-9-10-16(12-20(14)31(28,29)23-13-17-6-5-11-30-17)21-24-25-22-19-8-4-3-7-18(19)15(2)26-27(21)22/h3-4,7-10,12,17,23H,5-6,11,13H2,1-2H3/t17-/m0/s1. The maximum atomic E-state index is 13.0. The summed E-state index contributed by atoms with van der Waals surface area (Å²) in [7, 11) is -3.70. The maximum absolute atomic E-state index is 13.0. The van der Waals surface area contributed by atoms with Gasteiger partial charge >= 0.3 is 0 Å². The molecule has 1 saturated heterocycles. The van der Waals surface area contributed by atoms with Gasteiger partial charge in [-0.05, 0) is 38.3 Å². The lowest BCUT2D eigenvalue weighted by molar-refractivity contribution is 0.114. The van der Waals surface area contributed by atoms with Crippen LogP contribution in [0, 0.1) is 13.8 Å². The van der Waals surface area contributed by atoms with Crippen molar-refractivity contribution in [2.75, 3.05) is 13.2 Å². The van der Waals surface area contributed by atoms with E-state index in [9.17, 15) is 8.42 Å². The number of aryl methyl sites for hydroxylation is 2. The summed E-state index contributed by atoms with van der Waals surface area (Å²) in [6.45, 7) is 4.67. The molecule has 2 aromatic carbocycles. The second-order valence-electron chi connectivity index (χ2n) is 7.86. The van der Waals surface area contributed by atoms with Crippen molar-refractivity contribution in [3.05, 3.63) is 53.7 Å². The first kappa shape index (κ1) is 20.0. The third-order valence-corrected chi connectivity index (χ3v) is 7.27. The Kier molecular flexibility index (Phi) is 4.96. The Morgan fingerprint density at radius 2 is 1.94 bits per heavy atom. The molecule has 9 heteroatoms. The number of ether oxygens (including phenoxy) is 1. The highest BCUT2D eigenvalue weighted by Gasteiger charge is 2.23. The Morgan fingerprint density at radius 3 is 2.71 bits per heavy atom. The topological polar surface area (TPSA) is 98.5 Å². The van der Waals surface area contributed by atoms with Gasteiger partial charge in [0.1, 0.15) is 0 Å². The lowest BCUT2D eigenvalue weighted by atomic mass is 10.1. The van der Waals surface area contributed by atoms with E-state index < -0.39 is 10.0 Å². The molecule has 0 radical (unpaired) electrons. The molecule has 5 rings (SSSR count). The summed E-state index contributed by atoms with van der Waals surface area (Å²) in [6.07, 6.45) is 1.76. The van der Waals surface area contributed by atoms with Gasteiger partial charge in [-0.3, -0.25) is 0 Å². The molecule has 160 valence electrons. The quantitative estimate of drug-likeness (QED) is 0.515. The first-order chi connectivity index (χ1) is 14.9. The summed E-state index contributed by atoms with van der Waals surface area (Å²) in [5, 5.41) is 15.3. The van der Waals surface area contributed by atoms with E-state index in [-0.39, 0.29) is 17.5 Å². The fourth-order valence-corrected chi connectivity index (χ4v) is 5.37. The maximum Gasteiger partial charge on any atom is 0.240 e. The molecule has 2 aromatic heterocycles. The fraction of sp³-hybridized carbons (Fsp3) is 0.318. The third kappa shape index (κ3) is 3.58. The van der Waals surface area contributed by atoms with Crippen molar-refractivity contribution in [2.45, 2.75) is 37.7 Å². The van der Waals surface area contributed by atoms with Gasteiger partial charge in [-0.25, -0.2) is 13.1 Å². The van der Waals surface area contributed by atoms with Gasteiger partial charge in [0.2, 0.25) is 10.0 Å². The number of nitrogens with one attached hydrogen (secondary N) is 1. The van der Waals surface area contributed by atoms with Gasteiger partial charge in [0.25, 0.3) is 0 Å². The second-order valence-corrected chi connectivity index (χ2v) is 9.59. The van der Waals surface area contributed by atoms with Crippen LogP contribution in [0.5, 0.6) is 0 Å². The van der Waals surface area contributed by atoms with Crippen LogP contribution in [-0.4, -0.2) is 47.5 Å². The van der Waals surface area contributed by atoms with E-state index in [2.05, 4.69) is 20.0 Å². The zero-order valence-electron chi connectivity index (χ0n) is 17.4. The molecule has 0 amide bonds. The zero-order valence-corrected chi connectivity index (χ0v) is 18.2. The molecule has 8 nitrogen and oxygen atoms in total. The minimum atomic E-state index is -3.70. The van der Waals surface area contributed by atoms with Crippen LogP contribution in [-0.2, 0) is 14.8 Å². The van der Waals surface area contributed by atoms with E-state index in [1.165, 1.54) is 0 Å². The van der Waals surface area contributed by atoms with Crippen LogP contribution in [0.4, 0.5) is 0 Å². The Bertz CT molecular complexity index is 1390. The summed E-state index contributed by atoms with van der Waals surface area (Å²) < 4.78 is 35.9. The molecule has 0 saturated carbocycles. The van der Waals surface area contributed by atoms with E-state index >= 15 is 0 Å². The van der Waals surface area contributed by atoms with Gasteiger partial charge in [0, 0.05) is 29.5 Å². The molecule has 0 aliphatic carbocycles. The second kappa shape index (κ2) is 7.67. The third-order valence-electron chi connectivity index (χ3n) is 5.71. The summed E-state index contributed by atoms with van der Waals surface area (Å²) in [4.78, 5) is 0.220. The molecule has 1 fully saturated rings. The lowest BCUT2D eigenvalue weighted by Crippen LogP contribution is -2.32. The van der Waals surface area contributed by atoms with Crippen LogP contribution in [0.25, 0.3) is 27.8 Å². The largest absolute Gasteiger partial charge is 0.377 e. The van der Waals surface area contributed by atoms with Crippen LogP contribution in [0.15, 0.2) is 47.4 Å². The van der Waals surface area contributed by atoms with E-state index in [0.29, 0.717) is 29.2 Å². The van der Waals surface area contributed by atoms with Gasteiger partial charge < -0.3 is 4.74 Å². The molecule has 1 aliphatic heterocycles. The molecule has 1 atom stereocenters. The van der Waals surface area contributed by atoms with Crippen molar-refractivity contribution in [1.82, 2.24) is 24.5 Å². The Labute approximate surface area is 180 Å². The van der Waals surface area contributed by atoms with Crippen LogP contribution in [0.3, 0.4) is 0 Å². The van der Waals surface area contributed by atoms with Crippen molar-refractivity contribution in [3.8, 4) is 11.4 Å². The Morgan fingerprint density at radius 1 is 1.13 bits per heavy atom. The van der Waals surface area contributed by atoms with Crippen molar-refractivity contribution in [1.29, 1.82) is 0 Å². The molecule has 3 heterocycles. The normalized spacial score (nSPS) is 17.0. The average molecular weight is 438 g/mol. The number of benzene rings is 2. The molecular weight excluding hydrogens is 414 g/mol. The van der Waals surface area contributed by atoms with Gasteiger partial charge in [-0.1, -0.05) is 36.4 Å². The molecule has 4 aromatic rings. The molecule has 1 N–H and O–H groups in total. The number of nitrogens with zero attached hydrogens (tertiary/aromatic N) is 4. The van der Waals surface area contributed by atoms with E-state index in [0.717, 1.165) is 29.3 Å². The van der Waals surface area contributed by atoms with Gasteiger partial charge in [0.15, 0.2) is 11.5 Å². The summed E-state index contributed by atoms with van der Waals surface area (Å²) >= 11 is 0. The lowest BCUT2D eigenvalue weighted by Gasteiger charge is -2.13. The van der Waals surface area contributed by atoms with Crippen LogP contribution >= 0.6 is 0 Å². The molecule has 0 unspecified atom stereocenters. The fourth-order valence-electron chi connectivity index (χ4n) is 4.03. The van der Waals surface area contributed by atoms with Gasteiger partial charge in [-0.15, -0.1) is 10.2 Å². The molecular formula is C22H23N5O3S. The van der Waals surface area contributed by atoms with E-state index in [1.807, 2.05) is 37.3 Å². The minimum Gasteiger partial charge on any atom is -0.377 e. The highest BCUT2D eigenvalue weighted by Crippen LogP contribution is 2.27. The first-order valence-corrected chi connectivity index (χ1v) is 11.8. The van der Waals surface area contributed by atoms with E-state index in [1.54, 1.807) is 23.6 Å². The number of hydrogen-bond donors (Lipinski definition) is 1. The number of aromatic nitrogens is 4. The number of sulfonamides is 1. The van der Waals surface area contributed by atoms with Crippen molar-refractivity contribution in [3.63, 3.8) is 0 Å². The predicted molar refractivity (Wildman–Crippen MR) is 117 cm³/mol. The summed E-state index contributed by atoms with van der Waals surface area (Å²) in [6, 6.07) is 13.2. The number of rotatable bonds is 5. The molecule has 0 spiro atoms. The predicted octanol–water partition coefficient (Wildman–Crippen LogP) is 3.02. The molecule has 31 heavy (non-hydrogen) atoms. The van der Waals surface area contributed by atoms with Crippen LogP contribution in [0.1, 0.15) is 24.1 Å². The molecule has 1 aliphatic rings. The van der Waals surface area contributed by atoms with Gasteiger partial charge in [-0.2, -0.15) is 9.61 Å². The van der Waals surface area contributed by atoms with Crippen LogP contribution < -0.4 is 4.72 Å². The first-order valence-electron chi connectivity index (χ1n) is 10.3. The Balaban J connectivity index is 1.56. The number of fused-ring (bicyclic) bond motifs is 3. The summed E-state index contributed by atoms with van der Waals surface area (Å²) in [5.74, 6) is 0.499. The highest BCUT2D eigenvalue weighted by atomic mass is 32.2. The van der Waals surface area contributed by atoms with Crippen LogP contribution in [0.2, 0.25) is 0 Å². The van der Waals surface area contributed by atoms with Gasteiger partial charge in [0.05, 0.1) is 16.7 Å². The zero-order chi connectivity index (χ0) is 21.6. The van der Waals surface area contributed by atoms with Crippen molar-refractivity contribution >= 4 is 26.4 Å². The van der Waals surface area contributed by atoms with Crippen molar-refractivity contribution in [2.24, 2.45) is 0 Å². The average Bonchev–Trinajstić information content (AvgIpc) is 3.43. The van der Waals surface area contributed by atoms with E-state index in [4.69, 9.17) is 4.74 Å². The van der Waals surface area contributed by atoms with Crippen molar-refractivity contribution < 1.29 is 13.2 Å². The smallest absolute Gasteiger partial charge is 0.240 e. The minimum absolute atomic E-state index is 0.0702. The monoisotopic (exact) mass is 437 g/mol. The molecule has 0 bridgehead atoms. The highest BCUT2D eigenvalue weighted by molar-refractivity contribution is 7.89. The summed E-state index contributed by atoms with van der Waals surface area (Å²) in [5.41, 5.74) is 2.78. The number of hydrogen-bond acceptors (Lipinski definition) is 6. The Hall–Kier alpha value is -2.88.